The Hall–Kier alpha value is -3.73. The van der Waals surface area contributed by atoms with Gasteiger partial charge in [-0.25, -0.2) is 18.6 Å². The lowest BCUT2D eigenvalue weighted by atomic mass is 10.0. The number of nitrogens with one attached hydrogen (secondary N) is 2. The molecule has 3 heterocycles. The summed E-state index contributed by atoms with van der Waals surface area (Å²) in [7, 11) is 1.44. The summed E-state index contributed by atoms with van der Waals surface area (Å²) in [6, 6.07) is 4.76. The van der Waals surface area contributed by atoms with E-state index in [0.29, 0.717) is 27.5 Å². The normalized spacial score (nSPS) is 11.1. The van der Waals surface area contributed by atoms with Crippen LogP contribution in [0.2, 0.25) is 5.02 Å². The van der Waals surface area contributed by atoms with Crippen molar-refractivity contribution in [1.29, 1.82) is 0 Å². The van der Waals surface area contributed by atoms with Crippen LogP contribution in [0.25, 0.3) is 27.5 Å². The van der Waals surface area contributed by atoms with Crippen LogP contribution in [0.3, 0.4) is 0 Å². The molecule has 154 valence electrons. The third-order valence-electron chi connectivity index (χ3n) is 4.63. The van der Waals surface area contributed by atoms with Gasteiger partial charge in [0, 0.05) is 41.7 Å². The Kier molecular flexibility index (Phi) is 4.74. The monoisotopic (exact) mass is 434 g/mol. The zero-order valence-corrected chi connectivity index (χ0v) is 16.3. The first-order valence-corrected chi connectivity index (χ1v) is 8.87. The smallest absolute Gasteiger partial charge is 0.311 e. The molecule has 12 heteroatoms. The van der Waals surface area contributed by atoms with Crippen LogP contribution in [0.5, 0.6) is 0 Å². The van der Waals surface area contributed by atoms with Crippen molar-refractivity contribution in [2.75, 3.05) is 17.3 Å². The van der Waals surface area contributed by atoms with Gasteiger partial charge in [0.25, 0.3) is 0 Å². The zero-order valence-electron chi connectivity index (χ0n) is 15.5. The van der Waals surface area contributed by atoms with E-state index in [1.165, 1.54) is 30.8 Å². The van der Waals surface area contributed by atoms with Crippen molar-refractivity contribution in [3.8, 4) is 11.1 Å². The molecule has 1 aromatic carbocycles. The van der Waals surface area contributed by atoms with E-state index >= 15 is 4.39 Å². The molecule has 2 amide bonds. The Morgan fingerprint density at radius 3 is 2.83 bits per heavy atom. The Morgan fingerprint density at radius 1 is 1.37 bits per heavy atom. The third-order valence-corrected chi connectivity index (χ3v) is 4.98. The van der Waals surface area contributed by atoms with Crippen molar-refractivity contribution in [2.24, 2.45) is 0 Å². The number of carbonyl (C=O) groups is 2. The Labute approximate surface area is 172 Å². The predicted octanol–water partition coefficient (Wildman–Crippen LogP) is 4.09. The molecule has 0 aliphatic carbocycles. The lowest BCUT2D eigenvalue weighted by Gasteiger charge is -2.19. The first kappa shape index (κ1) is 19.6. The molecule has 0 aliphatic heterocycles. The summed E-state index contributed by atoms with van der Waals surface area (Å²) in [5.74, 6) is -1.09. The highest BCUT2D eigenvalue weighted by Gasteiger charge is 2.25. The van der Waals surface area contributed by atoms with Gasteiger partial charge < -0.3 is 4.90 Å². The molecule has 0 bridgehead atoms. The summed E-state index contributed by atoms with van der Waals surface area (Å²) in [5, 5.41) is 13.2. The fraction of sp³-hybridized carbons (Fsp3) is 0.111. The van der Waals surface area contributed by atoms with Crippen LogP contribution in [-0.4, -0.2) is 38.9 Å². The minimum Gasteiger partial charge on any atom is -0.311 e. The van der Waals surface area contributed by atoms with Gasteiger partial charge in [-0.05, 0) is 17.7 Å². The average molecular weight is 435 g/mol. The number of anilines is 2. The number of H-pyrrole nitrogens is 1. The molecular weight excluding hydrogens is 422 g/mol. The van der Waals surface area contributed by atoms with Crippen LogP contribution >= 0.6 is 11.6 Å². The van der Waals surface area contributed by atoms with Crippen molar-refractivity contribution < 1.29 is 23.4 Å². The van der Waals surface area contributed by atoms with E-state index in [1.54, 1.807) is 18.3 Å². The highest BCUT2D eigenvalue weighted by molar-refractivity contribution is 6.36. The quantitative estimate of drug-likeness (QED) is 0.505. The number of aromatic amines is 1. The van der Waals surface area contributed by atoms with Crippen LogP contribution in [0.1, 0.15) is 6.92 Å². The molecule has 0 saturated heterocycles. The van der Waals surface area contributed by atoms with Gasteiger partial charge in [0.05, 0.1) is 22.3 Å². The number of halogens is 3. The van der Waals surface area contributed by atoms with E-state index in [9.17, 15) is 14.1 Å². The lowest BCUT2D eigenvalue weighted by molar-refractivity contribution is -0.116. The second kappa shape index (κ2) is 7.26. The maximum atomic E-state index is 15.2. The molecule has 0 unspecified atom stereocenters. The Balaban J connectivity index is 1.89. The highest BCUT2D eigenvalue weighted by Crippen LogP contribution is 2.42. The van der Waals surface area contributed by atoms with Gasteiger partial charge in [-0.2, -0.15) is 5.10 Å². The highest BCUT2D eigenvalue weighted by atomic mass is 35.5. The Bertz CT molecular complexity index is 1320. The van der Waals surface area contributed by atoms with E-state index in [2.05, 4.69) is 25.6 Å². The average Bonchev–Trinajstić information content (AvgIpc) is 3.34. The number of pyridine rings is 1. The topological polar surface area (TPSA) is 105 Å². The molecule has 4 aromatic rings. The van der Waals surface area contributed by atoms with Crippen molar-refractivity contribution in [3.63, 3.8) is 0 Å². The second-order valence-electron chi connectivity index (χ2n) is 6.39. The number of amides is 2. The SMILES string of the molecule is CC(=O)N(C)c1c(F)c(Cl)c(-c2ccn3nc(NC(=O)OF)cc3c2)c2cn[nH]c12. The van der Waals surface area contributed by atoms with Crippen LogP contribution < -0.4 is 10.2 Å². The first-order chi connectivity index (χ1) is 14.3. The summed E-state index contributed by atoms with van der Waals surface area (Å²) in [6.45, 7) is 1.31. The van der Waals surface area contributed by atoms with Crippen LogP contribution in [-0.2, 0) is 9.74 Å². The molecule has 0 spiro atoms. The predicted molar refractivity (Wildman–Crippen MR) is 106 cm³/mol. The summed E-state index contributed by atoms with van der Waals surface area (Å²) < 4.78 is 28.5. The zero-order chi connectivity index (χ0) is 21.6. The van der Waals surface area contributed by atoms with Crippen molar-refractivity contribution in [3.05, 3.63) is 41.4 Å². The minimum atomic E-state index is -1.31. The largest absolute Gasteiger partial charge is 0.450 e. The number of hydrogen-bond acceptors (Lipinski definition) is 5. The second-order valence-corrected chi connectivity index (χ2v) is 6.77. The fourth-order valence-corrected chi connectivity index (χ4v) is 3.49. The van der Waals surface area contributed by atoms with Gasteiger partial charge in [0.15, 0.2) is 11.6 Å². The van der Waals surface area contributed by atoms with E-state index in [0.717, 1.165) is 4.90 Å². The molecule has 0 aliphatic rings. The van der Waals surface area contributed by atoms with Gasteiger partial charge >= 0.3 is 6.09 Å². The minimum absolute atomic E-state index is 0.00889. The molecule has 0 fully saturated rings. The number of carbonyl (C=O) groups excluding carboxylic acids is 2. The summed E-state index contributed by atoms with van der Waals surface area (Å²) in [6.07, 6.45) is 1.74. The molecule has 2 N–H and O–H groups in total. The number of hydrogen-bond donors (Lipinski definition) is 2. The van der Waals surface area contributed by atoms with E-state index in [-0.39, 0.29) is 22.4 Å². The maximum Gasteiger partial charge on any atom is 0.450 e. The number of rotatable bonds is 3. The van der Waals surface area contributed by atoms with Gasteiger partial charge in [-0.1, -0.05) is 11.6 Å². The fourth-order valence-electron chi connectivity index (χ4n) is 3.19. The van der Waals surface area contributed by atoms with E-state index in [1.807, 2.05) is 0 Å². The maximum absolute atomic E-state index is 15.2. The lowest BCUT2D eigenvalue weighted by Crippen LogP contribution is -2.24. The van der Waals surface area contributed by atoms with Crippen LogP contribution in [0, 0.1) is 5.82 Å². The summed E-state index contributed by atoms with van der Waals surface area (Å²) >= 11 is 6.37. The Morgan fingerprint density at radius 2 is 2.13 bits per heavy atom. The molecule has 3 aromatic heterocycles. The molecule has 0 saturated carbocycles. The van der Waals surface area contributed by atoms with E-state index in [4.69, 9.17) is 11.6 Å². The van der Waals surface area contributed by atoms with Crippen LogP contribution in [0.4, 0.5) is 25.2 Å². The molecular formula is C18H13ClF2N6O3. The molecule has 9 nitrogen and oxygen atoms in total. The third kappa shape index (κ3) is 3.08. The standard InChI is InChI=1S/C18H13ClF2N6O3/c1-8(28)26(2)17-15(20)14(19)13(11-7-22-24-16(11)17)9-3-4-27-10(5-9)6-12(25-27)23-18(29)30-21/h3-7H,1-2H3,(H,22,24)(H,23,25,29). The van der Waals surface area contributed by atoms with E-state index < -0.39 is 11.9 Å². The first-order valence-electron chi connectivity index (χ1n) is 8.49. The van der Waals surface area contributed by atoms with Gasteiger partial charge in [0.2, 0.25) is 5.91 Å². The number of aromatic nitrogens is 4. The van der Waals surface area contributed by atoms with Gasteiger partial charge in [-0.3, -0.25) is 15.2 Å². The van der Waals surface area contributed by atoms with Crippen molar-refractivity contribution in [1.82, 2.24) is 19.8 Å². The molecule has 30 heavy (non-hydrogen) atoms. The number of benzene rings is 1. The van der Waals surface area contributed by atoms with Gasteiger partial charge in [0.1, 0.15) is 5.69 Å². The van der Waals surface area contributed by atoms with Crippen LogP contribution in [0.15, 0.2) is 30.6 Å². The summed E-state index contributed by atoms with van der Waals surface area (Å²) in [4.78, 5) is 27.0. The van der Waals surface area contributed by atoms with Gasteiger partial charge in [-0.15, -0.1) is 5.10 Å². The molecule has 0 radical (unpaired) electrons. The van der Waals surface area contributed by atoms with Crippen molar-refractivity contribution >= 4 is 51.5 Å². The summed E-state index contributed by atoms with van der Waals surface area (Å²) in [5.41, 5.74) is 1.71. The number of nitrogens with zero attached hydrogens (tertiary/aromatic N) is 4. The molecule has 0 atom stereocenters. The molecule has 4 rings (SSSR count). The van der Waals surface area contributed by atoms with Crippen molar-refractivity contribution in [2.45, 2.75) is 6.92 Å². The number of fused-ring (bicyclic) bond motifs is 2.